The van der Waals surface area contributed by atoms with E-state index in [-0.39, 0.29) is 5.54 Å². The number of benzene rings is 1. The molecule has 1 atom stereocenters. The maximum absolute atomic E-state index is 6.91. The second-order valence-corrected chi connectivity index (χ2v) is 6.25. The molecule has 3 rings (SSSR count). The van der Waals surface area contributed by atoms with Gasteiger partial charge < -0.3 is 10.5 Å². The van der Waals surface area contributed by atoms with Crippen molar-refractivity contribution in [3.8, 4) is 5.75 Å². The topological polar surface area (TPSA) is 35.2 Å². The van der Waals surface area contributed by atoms with Gasteiger partial charge in [0, 0.05) is 5.54 Å². The fourth-order valence-electron chi connectivity index (χ4n) is 4.08. The molecule has 0 aromatic heterocycles. The Bertz CT molecular complexity index is 451. The first-order valence-corrected chi connectivity index (χ1v) is 7.70. The number of hydrogen-bond acceptors (Lipinski definition) is 2. The van der Waals surface area contributed by atoms with Crippen molar-refractivity contribution in [2.24, 2.45) is 11.7 Å². The van der Waals surface area contributed by atoms with Crippen LogP contribution in [0.5, 0.6) is 5.75 Å². The van der Waals surface area contributed by atoms with Crippen molar-refractivity contribution in [2.75, 3.05) is 7.11 Å². The third-order valence-electron chi connectivity index (χ3n) is 5.19. The highest BCUT2D eigenvalue weighted by atomic mass is 16.5. The van der Waals surface area contributed by atoms with Crippen molar-refractivity contribution >= 4 is 0 Å². The lowest BCUT2D eigenvalue weighted by molar-refractivity contribution is 0.181. The SMILES string of the molecule is COc1ccc2c(c1)C(N)(C1CCCCC1)CCC2. The van der Waals surface area contributed by atoms with Gasteiger partial charge in [-0.2, -0.15) is 0 Å². The van der Waals surface area contributed by atoms with Gasteiger partial charge in [-0.05, 0) is 61.3 Å². The zero-order valence-corrected chi connectivity index (χ0v) is 12.0. The second-order valence-electron chi connectivity index (χ2n) is 6.25. The quantitative estimate of drug-likeness (QED) is 0.877. The summed E-state index contributed by atoms with van der Waals surface area (Å²) in [5.74, 6) is 1.61. The third-order valence-corrected chi connectivity index (χ3v) is 5.19. The fraction of sp³-hybridized carbons (Fsp3) is 0.647. The highest BCUT2D eigenvalue weighted by Gasteiger charge is 2.40. The minimum atomic E-state index is -0.109. The first-order valence-electron chi connectivity index (χ1n) is 7.70. The molecule has 2 heteroatoms. The number of methoxy groups -OCH3 is 1. The van der Waals surface area contributed by atoms with Gasteiger partial charge in [-0.3, -0.25) is 0 Å². The van der Waals surface area contributed by atoms with E-state index >= 15 is 0 Å². The highest BCUT2D eigenvalue weighted by molar-refractivity contribution is 5.42. The predicted molar refractivity (Wildman–Crippen MR) is 78.4 cm³/mol. The normalized spacial score (nSPS) is 27.9. The number of fused-ring (bicyclic) bond motifs is 1. The van der Waals surface area contributed by atoms with Crippen molar-refractivity contribution in [3.05, 3.63) is 29.3 Å². The Morgan fingerprint density at radius 2 is 1.95 bits per heavy atom. The Morgan fingerprint density at radius 1 is 1.16 bits per heavy atom. The summed E-state index contributed by atoms with van der Waals surface area (Å²) in [5.41, 5.74) is 9.62. The zero-order valence-electron chi connectivity index (χ0n) is 12.0. The van der Waals surface area contributed by atoms with Gasteiger partial charge in [-0.15, -0.1) is 0 Å². The molecule has 0 spiro atoms. The van der Waals surface area contributed by atoms with E-state index in [9.17, 15) is 0 Å². The van der Waals surface area contributed by atoms with Crippen molar-refractivity contribution in [2.45, 2.75) is 56.9 Å². The van der Waals surface area contributed by atoms with Crippen LogP contribution in [0.25, 0.3) is 0 Å². The van der Waals surface area contributed by atoms with E-state index in [0.717, 1.165) is 12.2 Å². The molecule has 0 heterocycles. The first kappa shape index (κ1) is 13.0. The molecule has 1 fully saturated rings. The fourth-order valence-corrected chi connectivity index (χ4v) is 4.08. The van der Waals surface area contributed by atoms with Gasteiger partial charge in [0.1, 0.15) is 5.75 Å². The number of rotatable bonds is 2. The Balaban J connectivity index is 1.99. The summed E-state index contributed by atoms with van der Waals surface area (Å²) in [6.45, 7) is 0. The average Bonchev–Trinajstić information content (AvgIpc) is 2.48. The van der Waals surface area contributed by atoms with E-state index in [1.807, 2.05) is 0 Å². The predicted octanol–water partition coefficient (Wildman–Crippen LogP) is 3.77. The van der Waals surface area contributed by atoms with Crippen molar-refractivity contribution in [1.29, 1.82) is 0 Å². The molecule has 0 saturated heterocycles. The highest BCUT2D eigenvalue weighted by Crippen LogP contribution is 2.45. The van der Waals surface area contributed by atoms with Crippen LogP contribution in [0.3, 0.4) is 0 Å². The van der Waals surface area contributed by atoms with Crippen LogP contribution in [0.2, 0.25) is 0 Å². The van der Waals surface area contributed by atoms with Crippen LogP contribution in [-0.2, 0) is 12.0 Å². The average molecular weight is 259 g/mol. The molecule has 2 N–H and O–H groups in total. The van der Waals surface area contributed by atoms with Gasteiger partial charge in [-0.1, -0.05) is 25.3 Å². The van der Waals surface area contributed by atoms with Crippen molar-refractivity contribution in [1.82, 2.24) is 0 Å². The second kappa shape index (κ2) is 5.16. The van der Waals surface area contributed by atoms with E-state index in [1.165, 1.54) is 56.1 Å². The van der Waals surface area contributed by atoms with Gasteiger partial charge in [0.05, 0.1) is 7.11 Å². The standard InChI is InChI=1S/C17H25NO/c1-19-15-10-9-13-6-5-11-17(18,16(13)12-15)14-7-3-2-4-8-14/h9-10,12,14H,2-8,11,18H2,1H3. The molecule has 1 saturated carbocycles. The van der Waals surface area contributed by atoms with Crippen LogP contribution in [0.1, 0.15) is 56.1 Å². The van der Waals surface area contributed by atoms with Gasteiger partial charge in [0.2, 0.25) is 0 Å². The van der Waals surface area contributed by atoms with Crippen LogP contribution < -0.4 is 10.5 Å². The van der Waals surface area contributed by atoms with Gasteiger partial charge >= 0.3 is 0 Å². The largest absolute Gasteiger partial charge is 0.497 e. The van der Waals surface area contributed by atoms with E-state index in [2.05, 4.69) is 18.2 Å². The molecule has 0 amide bonds. The Hall–Kier alpha value is -1.02. The van der Waals surface area contributed by atoms with Crippen LogP contribution in [0.15, 0.2) is 18.2 Å². The van der Waals surface area contributed by atoms with E-state index < -0.39 is 0 Å². The Labute approximate surface area is 116 Å². The van der Waals surface area contributed by atoms with Crippen LogP contribution in [-0.4, -0.2) is 7.11 Å². The number of nitrogens with two attached hydrogens (primary N) is 1. The molecular formula is C17H25NO. The molecule has 19 heavy (non-hydrogen) atoms. The molecular weight excluding hydrogens is 234 g/mol. The monoisotopic (exact) mass is 259 g/mol. The van der Waals surface area contributed by atoms with Gasteiger partial charge in [-0.25, -0.2) is 0 Å². The van der Waals surface area contributed by atoms with E-state index in [1.54, 1.807) is 7.11 Å². The lowest BCUT2D eigenvalue weighted by Gasteiger charge is -2.44. The molecule has 2 nitrogen and oxygen atoms in total. The maximum atomic E-state index is 6.91. The third kappa shape index (κ3) is 2.27. The number of ether oxygens (including phenoxy) is 1. The molecule has 1 aromatic rings. The van der Waals surface area contributed by atoms with Crippen molar-refractivity contribution in [3.63, 3.8) is 0 Å². The van der Waals surface area contributed by atoms with E-state index in [0.29, 0.717) is 5.92 Å². The molecule has 0 radical (unpaired) electrons. The lowest BCUT2D eigenvalue weighted by Crippen LogP contribution is -2.47. The molecule has 1 aromatic carbocycles. The molecule has 104 valence electrons. The Kier molecular flexibility index (Phi) is 3.53. The summed E-state index contributed by atoms with van der Waals surface area (Å²) in [5, 5.41) is 0. The van der Waals surface area contributed by atoms with Crippen LogP contribution in [0.4, 0.5) is 0 Å². The first-order chi connectivity index (χ1) is 9.24. The summed E-state index contributed by atoms with van der Waals surface area (Å²) < 4.78 is 5.41. The lowest BCUT2D eigenvalue weighted by atomic mass is 9.65. The van der Waals surface area contributed by atoms with Crippen LogP contribution >= 0.6 is 0 Å². The smallest absolute Gasteiger partial charge is 0.119 e. The molecule has 1 unspecified atom stereocenters. The number of hydrogen-bond donors (Lipinski definition) is 1. The van der Waals surface area contributed by atoms with Crippen molar-refractivity contribution < 1.29 is 4.74 Å². The summed E-state index contributed by atoms with van der Waals surface area (Å²) in [6, 6.07) is 6.49. The van der Waals surface area contributed by atoms with E-state index in [4.69, 9.17) is 10.5 Å². The molecule has 0 aliphatic heterocycles. The Morgan fingerprint density at radius 3 is 2.68 bits per heavy atom. The summed E-state index contributed by atoms with van der Waals surface area (Å²) in [6.07, 6.45) is 10.2. The minimum Gasteiger partial charge on any atom is -0.497 e. The molecule has 2 aliphatic rings. The number of aryl methyl sites for hydroxylation is 1. The maximum Gasteiger partial charge on any atom is 0.119 e. The van der Waals surface area contributed by atoms with Crippen LogP contribution in [0, 0.1) is 5.92 Å². The summed E-state index contributed by atoms with van der Waals surface area (Å²) >= 11 is 0. The minimum absolute atomic E-state index is 0.109. The van der Waals surface area contributed by atoms with Gasteiger partial charge in [0.15, 0.2) is 0 Å². The molecule has 0 bridgehead atoms. The van der Waals surface area contributed by atoms with Gasteiger partial charge in [0.25, 0.3) is 0 Å². The summed E-state index contributed by atoms with van der Waals surface area (Å²) in [7, 11) is 1.74. The zero-order chi connectivity index (χ0) is 13.3. The summed E-state index contributed by atoms with van der Waals surface area (Å²) in [4.78, 5) is 0. The molecule has 2 aliphatic carbocycles.